The molecular formula is C16H21N5O. The molecule has 0 radical (unpaired) electrons. The fourth-order valence-corrected chi connectivity index (χ4v) is 2.75. The van der Waals surface area contributed by atoms with Gasteiger partial charge in [0.25, 0.3) is 5.91 Å². The van der Waals surface area contributed by atoms with E-state index in [0.717, 1.165) is 43.1 Å². The van der Waals surface area contributed by atoms with Gasteiger partial charge in [-0.05, 0) is 51.4 Å². The second-order valence-corrected chi connectivity index (χ2v) is 5.76. The van der Waals surface area contributed by atoms with E-state index in [4.69, 9.17) is 0 Å². The van der Waals surface area contributed by atoms with E-state index >= 15 is 0 Å². The summed E-state index contributed by atoms with van der Waals surface area (Å²) >= 11 is 0. The summed E-state index contributed by atoms with van der Waals surface area (Å²) < 4.78 is 1.78. The van der Waals surface area contributed by atoms with Gasteiger partial charge in [-0.3, -0.25) is 4.79 Å². The van der Waals surface area contributed by atoms with Crippen LogP contribution in [-0.4, -0.2) is 39.8 Å². The van der Waals surface area contributed by atoms with Gasteiger partial charge in [0.05, 0.1) is 11.3 Å². The largest absolute Gasteiger partial charge is 0.348 e. The Morgan fingerprint density at radius 2 is 2.27 bits per heavy atom. The average Bonchev–Trinajstić information content (AvgIpc) is 2.87. The third-order valence-electron chi connectivity index (χ3n) is 3.87. The molecule has 0 spiro atoms. The minimum atomic E-state index is -0.0684. The van der Waals surface area contributed by atoms with E-state index in [1.165, 1.54) is 0 Å². The standard InChI is InChI=1S/C16H21N5O/c1-11-8-12(2)21(20-11)15-6-5-13(9-18-15)16(22)19-14-4-3-7-17-10-14/h5-6,8-9,14,17H,3-4,7,10H2,1-2H3,(H,19,22)/t14-/m0/s1. The lowest BCUT2D eigenvalue weighted by atomic mass is 10.1. The smallest absolute Gasteiger partial charge is 0.253 e. The molecule has 0 aliphatic carbocycles. The molecular weight excluding hydrogens is 278 g/mol. The molecule has 3 heterocycles. The Bertz CT molecular complexity index is 656. The summed E-state index contributed by atoms with van der Waals surface area (Å²) in [5, 5.41) is 10.7. The first kappa shape index (κ1) is 14.7. The Kier molecular flexibility index (Phi) is 4.20. The van der Waals surface area contributed by atoms with Crippen molar-refractivity contribution in [2.75, 3.05) is 13.1 Å². The first-order valence-electron chi connectivity index (χ1n) is 7.65. The van der Waals surface area contributed by atoms with Crippen molar-refractivity contribution in [2.24, 2.45) is 0 Å². The molecule has 1 atom stereocenters. The van der Waals surface area contributed by atoms with Gasteiger partial charge >= 0.3 is 0 Å². The Morgan fingerprint density at radius 3 is 2.86 bits per heavy atom. The predicted molar refractivity (Wildman–Crippen MR) is 84.2 cm³/mol. The van der Waals surface area contributed by atoms with Crippen molar-refractivity contribution in [2.45, 2.75) is 32.7 Å². The lowest BCUT2D eigenvalue weighted by Gasteiger charge is -2.23. The summed E-state index contributed by atoms with van der Waals surface area (Å²) in [5.41, 5.74) is 2.55. The molecule has 0 aromatic carbocycles. The Hall–Kier alpha value is -2.21. The number of aryl methyl sites for hydroxylation is 2. The maximum atomic E-state index is 12.2. The molecule has 1 aliphatic rings. The van der Waals surface area contributed by atoms with Crippen molar-refractivity contribution in [3.63, 3.8) is 0 Å². The molecule has 0 saturated carbocycles. The molecule has 3 rings (SSSR count). The summed E-state index contributed by atoms with van der Waals surface area (Å²) in [4.78, 5) is 16.6. The number of pyridine rings is 1. The summed E-state index contributed by atoms with van der Waals surface area (Å²) in [6, 6.07) is 5.83. The van der Waals surface area contributed by atoms with Gasteiger partial charge in [-0.25, -0.2) is 9.67 Å². The fourth-order valence-electron chi connectivity index (χ4n) is 2.75. The normalized spacial score (nSPS) is 18.2. The van der Waals surface area contributed by atoms with Crippen molar-refractivity contribution < 1.29 is 4.79 Å². The number of rotatable bonds is 3. The second-order valence-electron chi connectivity index (χ2n) is 5.76. The van der Waals surface area contributed by atoms with Crippen LogP contribution in [0.5, 0.6) is 0 Å². The summed E-state index contributed by atoms with van der Waals surface area (Å²) in [6.45, 7) is 5.80. The molecule has 1 aliphatic heterocycles. The highest BCUT2D eigenvalue weighted by atomic mass is 16.1. The van der Waals surface area contributed by atoms with Crippen LogP contribution in [0.25, 0.3) is 5.82 Å². The SMILES string of the molecule is Cc1cc(C)n(-c2ccc(C(=O)N[C@H]3CCCNC3)cn2)n1. The minimum Gasteiger partial charge on any atom is -0.348 e. The van der Waals surface area contributed by atoms with Crippen molar-refractivity contribution in [3.05, 3.63) is 41.3 Å². The van der Waals surface area contributed by atoms with E-state index in [1.54, 1.807) is 16.9 Å². The summed E-state index contributed by atoms with van der Waals surface area (Å²) in [6.07, 6.45) is 3.73. The van der Waals surface area contributed by atoms with Crippen LogP contribution >= 0.6 is 0 Å². The van der Waals surface area contributed by atoms with E-state index < -0.39 is 0 Å². The van der Waals surface area contributed by atoms with Gasteiger partial charge in [0.1, 0.15) is 0 Å². The topological polar surface area (TPSA) is 71.8 Å². The molecule has 2 aromatic heterocycles. The van der Waals surface area contributed by atoms with Gasteiger partial charge in [-0.2, -0.15) is 5.10 Å². The maximum Gasteiger partial charge on any atom is 0.253 e. The maximum absolute atomic E-state index is 12.2. The molecule has 6 nitrogen and oxygen atoms in total. The zero-order valence-electron chi connectivity index (χ0n) is 13.0. The molecule has 1 fully saturated rings. The van der Waals surface area contributed by atoms with Crippen molar-refractivity contribution in [1.82, 2.24) is 25.4 Å². The predicted octanol–water partition coefficient (Wildman–Crippen LogP) is 1.37. The zero-order chi connectivity index (χ0) is 15.5. The number of nitrogens with zero attached hydrogens (tertiary/aromatic N) is 3. The minimum absolute atomic E-state index is 0.0684. The van der Waals surface area contributed by atoms with Crippen LogP contribution < -0.4 is 10.6 Å². The zero-order valence-corrected chi connectivity index (χ0v) is 13.0. The lowest BCUT2D eigenvalue weighted by molar-refractivity contribution is 0.0930. The van der Waals surface area contributed by atoms with Crippen LogP contribution in [0.1, 0.15) is 34.6 Å². The third kappa shape index (κ3) is 3.17. The van der Waals surface area contributed by atoms with Crippen molar-refractivity contribution in [3.8, 4) is 5.82 Å². The van der Waals surface area contributed by atoms with Crippen LogP contribution in [0.2, 0.25) is 0 Å². The Labute approximate surface area is 129 Å². The molecule has 116 valence electrons. The molecule has 1 saturated heterocycles. The molecule has 0 unspecified atom stereocenters. The first-order valence-corrected chi connectivity index (χ1v) is 7.65. The lowest BCUT2D eigenvalue weighted by Crippen LogP contribution is -2.45. The molecule has 6 heteroatoms. The molecule has 22 heavy (non-hydrogen) atoms. The molecule has 2 aromatic rings. The van der Waals surface area contributed by atoms with E-state index in [1.807, 2.05) is 26.0 Å². The molecule has 1 amide bonds. The van der Waals surface area contributed by atoms with Gasteiger partial charge in [0, 0.05) is 24.5 Å². The highest BCUT2D eigenvalue weighted by molar-refractivity contribution is 5.94. The van der Waals surface area contributed by atoms with Crippen LogP contribution in [-0.2, 0) is 0 Å². The summed E-state index contributed by atoms with van der Waals surface area (Å²) in [5.74, 6) is 0.655. The van der Waals surface area contributed by atoms with Crippen LogP contribution in [0, 0.1) is 13.8 Å². The van der Waals surface area contributed by atoms with E-state index in [-0.39, 0.29) is 11.9 Å². The number of hydrogen-bond acceptors (Lipinski definition) is 4. The monoisotopic (exact) mass is 299 g/mol. The van der Waals surface area contributed by atoms with E-state index in [9.17, 15) is 4.79 Å². The number of amides is 1. The van der Waals surface area contributed by atoms with Gasteiger partial charge in [0.15, 0.2) is 5.82 Å². The van der Waals surface area contributed by atoms with Crippen molar-refractivity contribution in [1.29, 1.82) is 0 Å². The van der Waals surface area contributed by atoms with E-state index in [0.29, 0.717) is 5.56 Å². The highest BCUT2D eigenvalue weighted by Gasteiger charge is 2.16. The number of nitrogens with one attached hydrogen (secondary N) is 2. The van der Waals surface area contributed by atoms with E-state index in [2.05, 4.69) is 20.7 Å². The van der Waals surface area contributed by atoms with Crippen molar-refractivity contribution >= 4 is 5.91 Å². The van der Waals surface area contributed by atoms with Crippen LogP contribution in [0.4, 0.5) is 0 Å². The Morgan fingerprint density at radius 1 is 1.41 bits per heavy atom. The van der Waals surface area contributed by atoms with Gasteiger partial charge in [-0.15, -0.1) is 0 Å². The Balaban J connectivity index is 1.70. The second kappa shape index (κ2) is 6.27. The average molecular weight is 299 g/mol. The number of aromatic nitrogens is 3. The highest BCUT2D eigenvalue weighted by Crippen LogP contribution is 2.11. The number of carbonyl (C=O) groups is 1. The molecule has 2 N–H and O–H groups in total. The number of piperidine rings is 1. The van der Waals surface area contributed by atoms with Crippen LogP contribution in [0.3, 0.4) is 0 Å². The quantitative estimate of drug-likeness (QED) is 0.898. The number of hydrogen-bond donors (Lipinski definition) is 2. The van der Waals surface area contributed by atoms with Crippen LogP contribution in [0.15, 0.2) is 24.4 Å². The number of carbonyl (C=O) groups excluding carboxylic acids is 1. The molecule has 0 bridgehead atoms. The third-order valence-corrected chi connectivity index (χ3v) is 3.87. The summed E-state index contributed by atoms with van der Waals surface area (Å²) in [7, 11) is 0. The fraction of sp³-hybridized carbons (Fsp3) is 0.438. The first-order chi connectivity index (χ1) is 10.6. The van der Waals surface area contributed by atoms with Gasteiger partial charge in [-0.1, -0.05) is 0 Å². The van der Waals surface area contributed by atoms with Gasteiger partial charge in [0.2, 0.25) is 0 Å². The van der Waals surface area contributed by atoms with Gasteiger partial charge < -0.3 is 10.6 Å².